The van der Waals surface area contributed by atoms with Gasteiger partial charge in [0, 0.05) is 30.2 Å². The molecule has 0 saturated heterocycles. The fourth-order valence-electron chi connectivity index (χ4n) is 3.25. The molecule has 1 aliphatic carbocycles. The fourth-order valence-corrected chi connectivity index (χ4v) is 3.25. The Balaban J connectivity index is 1.49. The molecule has 6 heteroatoms. The number of rotatable bonds is 5. The Labute approximate surface area is 149 Å². The van der Waals surface area contributed by atoms with E-state index in [1.165, 1.54) is 0 Å². The van der Waals surface area contributed by atoms with E-state index in [9.17, 15) is 4.79 Å². The predicted molar refractivity (Wildman–Crippen MR) is 97.1 cm³/mol. The summed E-state index contributed by atoms with van der Waals surface area (Å²) in [6.45, 7) is 0.959. The Kier molecular flexibility index (Phi) is 3.48. The molecule has 0 atom stereocenters. The van der Waals surface area contributed by atoms with Crippen molar-refractivity contribution < 1.29 is 4.42 Å². The van der Waals surface area contributed by atoms with Crippen molar-refractivity contribution in [2.45, 2.75) is 31.8 Å². The molecule has 0 bridgehead atoms. The number of fused-ring (bicyclic) bond motifs is 1. The highest BCUT2D eigenvalue weighted by Gasteiger charge is 2.29. The molecular weight excluding hydrogens is 328 g/mol. The highest BCUT2D eigenvalue weighted by atomic mass is 16.4. The van der Waals surface area contributed by atoms with E-state index >= 15 is 0 Å². The maximum Gasteiger partial charge on any atom is 0.275 e. The second kappa shape index (κ2) is 5.98. The van der Waals surface area contributed by atoms with Crippen LogP contribution in [0.2, 0.25) is 0 Å². The van der Waals surface area contributed by atoms with Gasteiger partial charge in [0.1, 0.15) is 12.1 Å². The summed E-state index contributed by atoms with van der Waals surface area (Å²) in [5.74, 6) is 1.59. The molecule has 1 fully saturated rings. The van der Waals surface area contributed by atoms with Crippen molar-refractivity contribution in [3.63, 3.8) is 0 Å². The lowest BCUT2D eigenvalue weighted by molar-refractivity contribution is 0.437. The van der Waals surface area contributed by atoms with Crippen LogP contribution in [0.25, 0.3) is 10.9 Å². The normalized spacial score (nSPS) is 14.2. The minimum atomic E-state index is -0.0467. The van der Waals surface area contributed by atoms with Gasteiger partial charge in [0.05, 0.1) is 0 Å². The first-order chi connectivity index (χ1) is 12.8. The molecule has 3 heterocycles. The van der Waals surface area contributed by atoms with E-state index in [1.807, 2.05) is 41.1 Å². The van der Waals surface area contributed by atoms with Crippen molar-refractivity contribution in [2.24, 2.45) is 0 Å². The van der Waals surface area contributed by atoms with E-state index in [0.29, 0.717) is 36.3 Å². The zero-order valence-corrected chi connectivity index (χ0v) is 14.2. The van der Waals surface area contributed by atoms with Crippen molar-refractivity contribution in [2.75, 3.05) is 0 Å². The molecule has 4 aromatic rings. The Morgan fingerprint density at radius 2 is 1.73 bits per heavy atom. The molecule has 0 spiro atoms. The maximum atomic E-state index is 13.0. The van der Waals surface area contributed by atoms with Gasteiger partial charge in [0.15, 0.2) is 0 Å². The average molecular weight is 346 g/mol. The molecule has 26 heavy (non-hydrogen) atoms. The molecule has 0 N–H and O–H groups in total. The number of aromatic nitrogens is 4. The van der Waals surface area contributed by atoms with Gasteiger partial charge in [-0.3, -0.25) is 4.79 Å². The predicted octanol–water partition coefficient (Wildman–Crippen LogP) is 3.16. The van der Waals surface area contributed by atoms with Crippen LogP contribution in [0.3, 0.4) is 0 Å². The van der Waals surface area contributed by atoms with Crippen LogP contribution in [0.15, 0.2) is 64.1 Å². The number of pyridine rings is 1. The summed E-state index contributed by atoms with van der Waals surface area (Å²) in [5.41, 5.74) is 1.80. The number of hydrogen-bond acceptors (Lipinski definition) is 4. The summed E-state index contributed by atoms with van der Waals surface area (Å²) >= 11 is 0. The second-order valence-electron chi connectivity index (χ2n) is 6.79. The Hall–Kier alpha value is -3.15. The lowest BCUT2D eigenvalue weighted by atomic mass is 10.2. The van der Waals surface area contributed by atoms with Gasteiger partial charge in [-0.2, -0.15) is 0 Å². The SMILES string of the molecule is O=c1c2c(ccn1Cc1nnc(C3CC3)o1)ccn2Cc1ccccc1. The van der Waals surface area contributed by atoms with E-state index in [1.54, 1.807) is 10.8 Å². The van der Waals surface area contributed by atoms with Crippen molar-refractivity contribution in [3.05, 3.63) is 82.6 Å². The van der Waals surface area contributed by atoms with Crippen LogP contribution < -0.4 is 5.56 Å². The van der Waals surface area contributed by atoms with Gasteiger partial charge in [0.2, 0.25) is 11.8 Å². The van der Waals surface area contributed by atoms with Gasteiger partial charge < -0.3 is 13.6 Å². The van der Waals surface area contributed by atoms with Gasteiger partial charge in [-0.05, 0) is 30.5 Å². The van der Waals surface area contributed by atoms with Gasteiger partial charge in [-0.15, -0.1) is 10.2 Å². The lowest BCUT2D eigenvalue weighted by Crippen LogP contribution is -2.22. The fraction of sp³-hybridized carbons (Fsp3) is 0.250. The van der Waals surface area contributed by atoms with Crippen LogP contribution in [0.5, 0.6) is 0 Å². The summed E-state index contributed by atoms with van der Waals surface area (Å²) < 4.78 is 9.32. The third kappa shape index (κ3) is 2.73. The summed E-state index contributed by atoms with van der Waals surface area (Å²) in [4.78, 5) is 13.0. The summed E-state index contributed by atoms with van der Waals surface area (Å²) in [6.07, 6.45) is 5.97. The summed E-state index contributed by atoms with van der Waals surface area (Å²) in [5, 5.41) is 9.12. The molecule has 5 rings (SSSR count). The molecule has 0 radical (unpaired) electrons. The van der Waals surface area contributed by atoms with E-state index in [-0.39, 0.29) is 5.56 Å². The van der Waals surface area contributed by atoms with E-state index < -0.39 is 0 Å². The van der Waals surface area contributed by atoms with Gasteiger partial charge in [0.25, 0.3) is 5.56 Å². The summed E-state index contributed by atoms with van der Waals surface area (Å²) in [6, 6.07) is 14.1. The van der Waals surface area contributed by atoms with Crippen molar-refractivity contribution in [1.29, 1.82) is 0 Å². The number of hydrogen-bond donors (Lipinski definition) is 0. The Bertz CT molecular complexity index is 1120. The van der Waals surface area contributed by atoms with Crippen LogP contribution in [-0.4, -0.2) is 19.3 Å². The molecule has 1 aromatic carbocycles. The van der Waals surface area contributed by atoms with Gasteiger partial charge in [-0.1, -0.05) is 30.3 Å². The van der Waals surface area contributed by atoms with Crippen LogP contribution in [0, 0.1) is 0 Å². The molecule has 1 aliphatic rings. The topological polar surface area (TPSA) is 65.8 Å². The molecule has 130 valence electrons. The van der Waals surface area contributed by atoms with Crippen LogP contribution >= 0.6 is 0 Å². The summed E-state index contributed by atoms with van der Waals surface area (Å²) in [7, 11) is 0. The first-order valence-electron chi connectivity index (χ1n) is 8.82. The molecular formula is C20H18N4O2. The van der Waals surface area contributed by atoms with Crippen molar-refractivity contribution >= 4 is 10.9 Å². The van der Waals surface area contributed by atoms with Crippen molar-refractivity contribution in [3.8, 4) is 0 Å². The lowest BCUT2D eigenvalue weighted by Gasteiger charge is -2.07. The minimum absolute atomic E-state index is 0.0467. The number of nitrogens with zero attached hydrogens (tertiary/aromatic N) is 4. The zero-order valence-electron chi connectivity index (χ0n) is 14.2. The molecule has 1 saturated carbocycles. The molecule has 0 amide bonds. The molecule has 6 nitrogen and oxygen atoms in total. The zero-order chi connectivity index (χ0) is 17.5. The first-order valence-corrected chi connectivity index (χ1v) is 8.82. The average Bonchev–Trinajstić information content (AvgIpc) is 3.27. The third-order valence-corrected chi connectivity index (χ3v) is 4.80. The first kappa shape index (κ1) is 15.1. The standard InChI is InChI=1S/C20H18N4O2/c25-20-18-15(8-10-23(18)12-14-4-2-1-3-5-14)9-11-24(20)13-17-21-22-19(26-17)16-6-7-16/h1-5,8-11,16H,6-7,12-13H2. The highest BCUT2D eigenvalue weighted by Crippen LogP contribution is 2.39. The quantitative estimate of drug-likeness (QED) is 0.557. The van der Waals surface area contributed by atoms with Crippen LogP contribution in [0.4, 0.5) is 0 Å². The minimum Gasteiger partial charge on any atom is -0.423 e. The third-order valence-electron chi connectivity index (χ3n) is 4.80. The van der Waals surface area contributed by atoms with E-state index in [4.69, 9.17) is 4.42 Å². The van der Waals surface area contributed by atoms with Gasteiger partial charge in [-0.25, -0.2) is 0 Å². The Morgan fingerprint density at radius 3 is 2.50 bits per heavy atom. The van der Waals surface area contributed by atoms with Crippen molar-refractivity contribution in [1.82, 2.24) is 19.3 Å². The van der Waals surface area contributed by atoms with Crippen LogP contribution in [-0.2, 0) is 13.1 Å². The smallest absolute Gasteiger partial charge is 0.275 e. The Morgan fingerprint density at radius 1 is 0.962 bits per heavy atom. The molecule has 0 aliphatic heterocycles. The largest absolute Gasteiger partial charge is 0.423 e. The van der Waals surface area contributed by atoms with E-state index in [2.05, 4.69) is 22.3 Å². The monoisotopic (exact) mass is 346 g/mol. The molecule has 3 aromatic heterocycles. The second-order valence-corrected chi connectivity index (χ2v) is 6.79. The highest BCUT2D eigenvalue weighted by molar-refractivity contribution is 5.79. The number of benzene rings is 1. The van der Waals surface area contributed by atoms with E-state index in [0.717, 1.165) is 23.8 Å². The molecule has 0 unspecified atom stereocenters. The van der Waals surface area contributed by atoms with Gasteiger partial charge >= 0.3 is 0 Å². The van der Waals surface area contributed by atoms with Crippen LogP contribution in [0.1, 0.15) is 36.1 Å². The maximum absolute atomic E-state index is 13.0.